The van der Waals surface area contributed by atoms with Crippen molar-refractivity contribution in [1.29, 1.82) is 0 Å². The van der Waals surface area contributed by atoms with Crippen LogP contribution >= 0.6 is 23.2 Å². The van der Waals surface area contributed by atoms with Crippen molar-refractivity contribution in [3.8, 4) is 11.6 Å². The third kappa shape index (κ3) is 5.18. The van der Waals surface area contributed by atoms with E-state index >= 15 is 0 Å². The minimum atomic E-state index is -0.139. The van der Waals surface area contributed by atoms with Gasteiger partial charge in [-0.15, -0.1) is 0 Å². The molecule has 31 heavy (non-hydrogen) atoms. The Morgan fingerprint density at radius 2 is 1.87 bits per heavy atom. The lowest BCUT2D eigenvalue weighted by molar-refractivity contribution is 0.184. The zero-order valence-corrected chi connectivity index (χ0v) is 18.3. The Morgan fingerprint density at radius 3 is 2.61 bits per heavy atom. The van der Waals surface area contributed by atoms with Gasteiger partial charge >= 0.3 is 6.03 Å². The highest BCUT2D eigenvalue weighted by Gasteiger charge is 2.28. The highest BCUT2D eigenvalue weighted by molar-refractivity contribution is 6.32. The van der Waals surface area contributed by atoms with Crippen LogP contribution in [0, 0.1) is 0 Å². The number of urea groups is 1. The van der Waals surface area contributed by atoms with E-state index in [2.05, 4.69) is 20.2 Å². The summed E-state index contributed by atoms with van der Waals surface area (Å²) < 4.78 is 5.81. The molecule has 3 aromatic rings. The molecule has 1 N–H and O–H groups in total. The van der Waals surface area contributed by atoms with Crippen molar-refractivity contribution < 1.29 is 9.53 Å². The normalized spacial score (nSPS) is 16.2. The van der Waals surface area contributed by atoms with E-state index in [4.69, 9.17) is 27.9 Å². The summed E-state index contributed by atoms with van der Waals surface area (Å²) in [5, 5.41) is 4.06. The van der Waals surface area contributed by atoms with E-state index in [-0.39, 0.29) is 12.1 Å². The number of hydrogen-bond acceptors (Lipinski definition) is 5. The number of amides is 2. The number of nitrogens with one attached hydrogen (secondary N) is 1. The Bertz CT molecular complexity index is 1060. The molecule has 7 nitrogen and oxygen atoms in total. The molecule has 0 unspecified atom stereocenters. The number of para-hydroxylation sites is 1. The van der Waals surface area contributed by atoms with Crippen LogP contribution in [0.15, 0.2) is 60.9 Å². The zero-order chi connectivity index (χ0) is 21.8. The van der Waals surface area contributed by atoms with Gasteiger partial charge in [0, 0.05) is 42.5 Å². The summed E-state index contributed by atoms with van der Waals surface area (Å²) in [7, 11) is 0. The van der Waals surface area contributed by atoms with Crippen LogP contribution in [0.2, 0.25) is 10.0 Å². The molecule has 0 bridgehead atoms. The van der Waals surface area contributed by atoms with Gasteiger partial charge in [-0.2, -0.15) is 0 Å². The molecule has 0 spiro atoms. The van der Waals surface area contributed by atoms with Crippen LogP contribution < -0.4 is 15.0 Å². The van der Waals surface area contributed by atoms with Crippen molar-refractivity contribution in [2.24, 2.45) is 0 Å². The highest BCUT2D eigenvalue weighted by Crippen LogP contribution is 2.29. The number of nitrogens with zero attached hydrogens (tertiary/aromatic N) is 4. The number of ether oxygens (including phenoxy) is 1. The lowest BCUT2D eigenvalue weighted by Gasteiger charge is -2.40. The molecule has 0 radical (unpaired) electrons. The second-order valence-electron chi connectivity index (χ2n) is 7.17. The van der Waals surface area contributed by atoms with E-state index in [1.165, 1.54) is 6.33 Å². The average Bonchev–Trinajstić information content (AvgIpc) is 2.77. The second-order valence-corrected chi connectivity index (χ2v) is 8.02. The van der Waals surface area contributed by atoms with E-state index in [0.29, 0.717) is 47.0 Å². The zero-order valence-electron chi connectivity index (χ0n) is 16.8. The predicted octanol–water partition coefficient (Wildman–Crippen LogP) is 5.32. The molecular formula is C22H21Cl2N5O2. The summed E-state index contributed by atoms with van der Waals surface area (Å²) in [4.78, 5) is 25.2. The number of aromatic nitrogens is 2. The SMILES string of the molecule is C[C@@H]1CN(c2cc(Oc3ccccc3Cl)ncn2)CCN1C(=O)Nc1ccc(Cl)cc1. The molecule has 1 aliphatic rings. The van der Waals surface area contributed by atoms with Crippen LogP contribution in [-0.2, 0) is 0 Å². The number of carbonyl (C=O) groups excluding carboxylic acids is 1. The molecule has 2 heterocycles. The molecule has 9 heteroatoms. The van der Waals surface area contributed by atoms with Crippen molar-refractivity contribution in [1.82, 2.24) is 14.9 Å². The van der Waals surface area contributed by atoms with Crippen molar-refractivity contribution in [3.63, 3.8) is 0 Å². The molecule has 0 aliphatic carbocycles. The number of benzene rings is 2. The summed E-state index contributed by atoms with van der Waals surface area (Å²) in [5.74, 6) is 1.68. The number of hydrogen-bond donors (Lipinski definition) is 1. The first kappa shape index (κ1) is 21.2. The third-order valence-electron chi connectivity index (χ3n) is 4.99. The van der Waals surface area contributed by atoms with Gasteiger partial charge in [-0.1, -0.05) is 35.3 Å². The molecule has 1 fully saturated rings. The van der Waals surface area contributed by atoms with Crippen LogP contribution in [0.5, 0.6) is 11.6 Å². The Morgan fingerprint density at radius 1 is 1.10 bits per heavy atom. The van der Waals surface area contributed by atoms with Crippen molar-refractivity contribution in [2.45, 2.75) is 13.0 Å². The molecule has 0 saturated carbocycles. The smallest absolute Gasteiger partial charge is 0.322 e. The summed E-state index contributed by atoms with van der Waals surface area (Å²) in [6.45, 7) is 3.85. The molecule has 1 saturated heterocycles. The molecule has 1 atom stereocenters. The molecule has 2 aromatic carbocycles. The number of piperazine rings is 1. The first-order valence-corrected chi connectivity index (χ1v) is 10.6. The fourth-order valence-corrected chi connectivity index (χ4v) is 3.70. The minimum Gasteiger partial charge on any atom is -0.437 e. The van der Waals surface area contributed by atoms with Gasteiger partial charge < -0.3 is 19.9 Å². The van der Waals surface area contributed by atoms with E-state index < -0.39 is 0 Å². The number of halogens is 2. The summed E-state index contributed by atoms with van der Waals surface area (Å²) in [6, 6.07) is 15.9. The van der Waals surface area contributed by atoms with E-state index in [9.17, 15) is 4.79 Å². The fourth-order valence-electron chi connectivity index (χ4n) is 3.39. The van der Waals surface area contributed by atoms with Crippen LogP contribution in [0.1, 0.15) is 6.92 Å². The maximum atomic E-state index is 12.7. The standard InChI is InChI=1S/C22H21Cl2N5O2/c1-15-13-28(10-11-29(15)22(30)27-17-8-6-16(23)7-9-17)20-12-21(26-14-25-20)31-19-5-3-2-4-18(19)24/h2-9,12,14-15H,10-11,13H2,1H3,(H,27,30)/t15-/m1/s1. The Hall–Kier alpha value is -3.03. The van der Waals surface area contributed by atoms with Gasteiger partial charge in [0.25, 0.3) is 0 Å². The van der Waals surface area contributed by atoms with Gasteiger partial charge in [0.1, 0.15) is 17.9 Å². The van der Waals surface area contributed by atoms with Crippen LogP contribution in [-0.4, -0.2) is 46.6 Å². The maximum absolute atomic E-state index is 12.7. The van der Waals surface area contributed by atoms with Gasteiger partial charge in [-0.05, 0) is 43.3 Å². The lowest BCUT2D eigenvalue weighted by Crippen LogP contribution is -2.55. The minimum absolute atomic E-state index is 0.0102. The summed E-state index contributed by atoms with van der Waals surface area (Å²) in [6.07, 6.45) is 1.46. The van der Waals surface area contributed by atoms with E-state index in [0.717, 1.165) is 5.82 Å². The lowest BCUT2D eigenvalue weighted by atomic mass is 10.2. The monoisotopic (exact) mass is 457 g/mol. The van der Waals surface area contributed by atoms with E-state index in [1.807, 2.05) is 24.0 Å². The molecule has 2 amide bonds. The van der Waals surface area contributed by atoms with Crippen LogP contribution in [0.4, 0.5) is 16.3 Å². The fraction of sp³-hybridized carbons (Fsp3) is 0.227. The van der Waals surface area contributed by atoms with Gasteiger partial charge in [-0.25, -0.2) is 14.8 Å². The average molecular weight is 458 g/mol. The third-order valence-corrected chi connectivity index (χ3v) is 5.55. The summed E-state index contributed by atoms with van der Waals surface area (Å²) >= 11 is 12.1. The number of rotatable bonds is 4. The Labute approximate surface area is 190 Å². The van der Waals surface area contributed by atoms with Crippen LogP contribution in [0.25, 0.3) is 0 Å². The Balaban J connectivity index is 1.40. The highest BCUT2D eigenvalue weighted by atomic mass is 35.5. The molecule has 1 aliphatic heterocycles. The molecule has 160 valence electrons. The predicted molar refractivity (Wildman–Crippen MR) is 122 cm³/mol. The van der Waals surface area contributed by atoms with Gasteiger partial charge in [-0.3, -0.25) is 0 Å². The molecule has 1 aromatic heterocycles. The first-order valence-electron chi connectivity index (χ1n) is 9.82. The topological polar surface area (TPSA) is 70.6 Å². The van der Waals surface area contributed by atoms with Crippen LogP contribution in [0.3, 0.4) is 0 Å². The quantitative estimate of drug-likeness (QED) is 0.573. The van der Waals surface area contributed by atoms with Gasteiger partial charge in [0.05, 0.1) is 5.02 Å². The molecular weight excluding hydrogens is 437 g/mol. The largest absolute Gasteiger partial charge is 0.437 e. The maximum Gasteiger partial charge on any atom is 0.322 e. The number of anilines is 2. The first-order chi connectivity index (χ1) is 15.0. The van der Waals surface area contributed by atoms with Gasteiger partial charge in [0.15, 0.2) is 0 Å². The van der Waals surface area contributed by atoms with Crippen molar-refractivity contribution in [3.05, 3.63) is 71.0 Å². The number of carbonyl (C=O) groups is 1. The van der Waals surface area contributed by atoms with Crippen molar-refractivity contribution in [2.75, 3.05) is 29.9 Å². The summed E-state index contributed by atoms with van der Waals surface area (Å²) in [5.41, 5.74) is 0.709. The Kier molecular flexibility index (Phi) is 6.44. The van der Waals surface area contributed by atoms with Crippen molar-refractivity contribution >= 4 is 40.7 Å². The second kappa shape index (κ2) is 9.41. The van der Waals surface area contributed by atoms with Gasteiger partial charge in [0.2, 0.25) is 5.88 Å². The van der Waals surface area contributed by atoms with E-state index in [1.54, 1.807) is 42.5 Å². The molecule has 4 rings (SSSR count).